The number of nitrogens with zero attached hydrogens (tertiary/aromatic N) is 2. The maximum Gasteiger partial charge on any atom is 0.402 e. The molecule has 7 heteroatoms. The highest BCUT2D eigenvalue weighted by Gasteiger charge is 2.22. The number of carboxylic acid groups (broad SMARTS) is 1. The van der Waals surface area contributed by atoms with Gasteiger partial charge in [-0.2, -0.15) is 0 Å². The fourth-order valence-corrected chi connectivity index (χ4v) is 1.39. The van der Waals surface area contributed by atoms with Crippen LogP contribution in [0.15, 0.2) is 35.0 Å². The second kappa shape index (κ2) is 5.17. The molecule has 2 rings (SSSR count). The lowest BCUT2D eigenvalue weighted by Crippen LogP contribution is -2.25. The van der Waals surface area contributed by atoms with Crippen LogP contribution in [0, 0.1) is 5.21 Å². The van der Waals surface area contributed by atoms with Gasteiger partial charge in [0, 0.05) is 5.56 Å². The molecule has 0 unspecified atom stereocenters. The Labute approximate surface area is 102 Å². The van der Waals surface area contributed by atoms with Crippen molar-refractivity contribution in [3.05, 3.63) is 35.5 Å². The number of hydrogen-bond donors (Lipinski definition) is 1. The molecule has 1 heterocycles. The molecular weight excluding hydrogens is 240 g/mol. The Kier molecular flexibility index (Phi) is 3.42. The Morgan fingerprint density at radius 2 is 2.17 bits per heavy atom. The van der Waals surface area contributed by atoms with E-state index in [1.165, 1.54) is 0 Å². The summed E-state index contributed by atoms with van der Waals surface area (Å²) < 4.78 is 9.56. The maximum absolute atomic E-state index is 11.4. The van der Waals surface area contributed by atoms with Crippen LogP contribution < -0.4 is 9.64 Å². The monoisotopic (exact) mass is 250 g/mol. The van der Waals surface area contributed by atoms with E-state index in [0.717, 1.165) is 0 Å². The van der Waals surface area contributed by atoms with Gasteiger partial charge < -0.3 is 15.1 Å². The van der Waals surface area contributed by atoms with E-state index in [9.17, 15) is 10.0 Å². The molecule has 0 aliphatic rings. The van der Waals surface area contributed by atoms with Gasteiger partial charge in [0.2, 0.25) is 0 Å². The van der Waals surface area contributed by atoms with E-state index in [0.29, 0.717) is 5.56 Å². The summed E-state index contributed by atoms with van der Waals surface area (Å²) in [4.78, 5) is 10.6. The van der Waals surface area contributed by atoms with Crippen molar-refractivity contribution >= 4 is 5.97 Å². The predicted molar refractivity (Wildman–Crippen MR) is 58.6 cm³/mol. The lowest BCUT2D eigenvalue weighted by Gasteiger charge is -1.99. The van der Waals surface area contributed by atoms with E-state index < -0.39 is 5.97 Å². The van der Waals surface area contributed by atoms with Gasteiger partial charge in [0.15, 0.2) is 0 Å². The van der Waals surface area contributed by atoms with Gasteiger partial charge in [-0.25, -0.2) is 0 Å². The third kappa shape index (κ3) is 2.57. The van der Waals surface area contributed by atoms with E-state index in [4.69, 9.17) is 9.84 Å². The van der Waals surface area contributed by atoms with Gasteiger partial charge in [0.1, 0.15) is 6.61 Å². The molecule has 0 atom stereocenters. The quantitative estimate of drug-likeness (QED) is 0.789. The molecule has 18 heavy (non-hydrogen) atoms. The van der Waals surface area contributed by atoms with Gasteiger partial charge in [-0.15, -0.1) is 0 Å². The summed E-state index contributed by atoms with van der Waals surface area (Å²) in [6.07, 6.45) is -0.181. The molecule has 0 bridgehead atoms. The van der Waals surface area contributed by atoms with Crippen molar-refractivity contribution < 1.29 is 24.2 Å². The Bertz CT molecular complexity index is 538. The molecule has 2 aromatic rings. The smallest absolute Gasteiger partial charge is 0.402 e. The molecule has 1 aromatic heterocycles. The fourth-order valence-electron chi connectivity index (χ4n) is 1.39. The first-order chi connectivity index (χ1) is 8.68. The molecule has 0 fully saturated rings. The number of aliphatic carboxylic acids is 1. The van der Waals surface area contributed by atoms with Crippen LogP contribution in [0.2, 0.25) is 0 Å². The van der Waals surface area contributed by atoms with Gasteiger partial charge >= 0.3 is 11.8 Å². The standard InChI is InChI=1S/C11H10N2O5/c14-9(15)6-7-17-11-10(13(16)18-12-11)8-4-2-1-3-5-8/h1-5H,6-7H2,(H,14,15). The summed E-state index contributed by atoms with van der Waals surface area (Å²) in [6, 6.07) is 8.71. The summed E-state index contributed by atoms with van der Waals surface area (Å²) in [5.41, 5.74) is 0.708. The van der Waals surface area contributed by atoms with Crippen LogP contribution in [0.3, 0.4) is 0 Å². The predicted octanol–water partition coefficient (Wildman–Crippen LogP) is 0.828. The number of benzene rings is 1. The third-order valence-corrected chi connectivity index (χ3v) is 2.18. The molecule has 94 valence electrons. The van der Waals surface area contributed by atoms with Gasteiger partial charge in [-0.05, 0) is 4.90 Å². The van der Waals surface area contributed by atoms with Crippen LogP contribution in [0.1, 0.15) is 6.42 Å². The van der Waals surface area contributed by atoms with Crippen molar-refractivity contribution in [1.29, 1.82) is 0 Å². The minimum Gasteiger partial charge on any atom is -0.481 e. The molecule has 0 aliphatic carbocycles. The zero-order valence-corrected chi connectivity index (χ0v) is 9.28. The highest BCUT2D eigenvalue weighted by atomic mass is 16.8. The largest absolute Gasteiger partial charge is 0.481 e. The molecular formula is C11H10N2O5. The lowest BCUT2D eigenvalue weighted by atomic mass is 10.2. The van der Waals surface area contributed by atoms with Gasteiger partial charge in [0.05, 0.1) is 11.6 Å². The average Bonchev–Trinajstić information content (AvgIpc) is 2.71. The number of carboxylic acids is 1. The van der Waals surface area contributed by atoms with Crippen molar-refractivity contribution in [3.63, 3.8) is 0 Å². The van der Waals surface area contributed by atoms with Crippen molar-refractivity contribution in [2.75, 3.05) is 6.61 Å². The summed E-state index contributed by atoms with van der Waals surface area (Å²) in [5, 5.41) is 23.4. The number of ether oxygens (including phenoxy) is 1. The first kappa shape index (κ1) is 11.9. The Morgan fingerprint density at radius 1 is 1.44 bits per heavy atom. The Balaban J connectivity index is 2.20. The maximum atomic E-state index is 11.4. The highest BCUT2D eigenvalue weighted by Crippen LogP contribution is 2.24. The third-order valence-electron chi connectivity index (χ3n) is 2.18. The van der Waals surface area contributed by atoms with E-state index in [1.807, 2.05) is 0 Å². The zero-order chi connectivity index (χ0) is 13.0. The molecule has 0 saturated heterocycles. The average molecular weight is 250 g/mol. The number of hydrogen-bond acceptors (Lipinski definition) is 5. The zero-order valence-electron chi connectivity index (χ0n) is 9.28. The van der Waals surface area contributed by atoms with Crippen LogP contribution in [-0.2, 0) is 4.79 Å². The van der Waals surface area contributed by atoms with Crippen molar-refractivity contribution in [3.8, 4) is 17.1 Å². The second-order valence-corrected chi connectivity index (χ2v) is 3.44. The molecule has 0 radical (unpaired) electrons. The molecule has 0 aliphatic heterocycles. The number of aromatic nitrogens is 2. The highest BCUT2D eigenvalue weighted by molar-refractivity contribution is 5.67. The van der Waals surface area contributed by atoms with Crippen molar-refractivity contribution in [2.45, 2.75) is 6.42 Å². The van der Waals surface area contributed by atoms with Gasteiger partial charge in [0.25, 0.3) is 5.69 Å². The summed E-state index contributed by atoms with van der Waals surface area (Å²) >= 11 is 0. The fraction of sp³-hybridized carbons (Fsp3) is 0.182. The molecule has 0 spiro atoms. The molecule has 1 N–H and O–H groups in total. The lowest BCUT2D eigenvalue weighted by molar-refractivity contribution is -0.793. The minimum atomic E-state index is -0.991. The minimum absolute atomic E-state index is 0.0162. The number of rotatable bonds is 5. The summed E-state index contributed by atoms with van der Waals surface area (Å²) in [5.74, 6) is -1.01. The van der Waals surface area contributed by atoms with Crippen molar-refractivity contribution in [2.24, 2.45) is 0 Å². The second-order valence-electron chi connectivity index (χ2n) is 3.44. The normalized spacial score (nSPS) is 10.2. The summed E-state index contributed by atoms with van der Waals surface area (Å²) in [6.45, 7) is -0.0816. The van der Waals surface area contributed by atoms with E-state index >= 15 is 0 Å². The van der Waals surface area contributed by atoms with E-state index in [1.54, 1.807) is 30.3 Å². The van der Waals surface area contributed by atoms with Crippen LogP contribution in [0.4, 0.5) is 0 Å². The number of carbonyl (C=O) groups is 1. The molecule has 1 aromatic carbocycles. The van der Waals surface area contributed by atoms with Crippen LogP contribution in [0.5, 0.6) is 5.88 Å². The molecule has 7 nitrogen and oxygen atoms in total. The topological polar surface area (TPSA) is 99.5 Å². The van der Waals surface area contributed by atoms with Crippen molar-refractivity contribution in [1.82, 2.24) is 5.16 Å². The SMILES string of the molecule is O=C(O)CCOc1no[n+]([O-])c1-c1ccccc1. The summed E-state index contributed by atoms with van der Waals surface area (Å²) in [7, 11) is 0. The van der Waals surface area contributed by atoms with E-state index in [-0.39, 0.29) is 29.5 Å². The first-order valence-corrected chi connectivity index (χ1v) is 5.18. The molecule has 0 saturated carbocycles. The molecule has 0 amide bonds. The van der Waals surface area contributed by atoms with Crippen LogP contribution in [0.25, 0.3) is 11.3 Å². The van der Waals surface area contributed by atoms with Gasteiger partial charge in [-0.1, -0.05) is 30.3 Å². The van der Waals surface area contributed by atoms with Gasteiger partial charge in [-0.3, -0.25) is 9.42 Å². The van der Waals surface area contributed by atoms with Crippen LogP contribution in [-0.4, -0.2) is 22.8 Å². The first-order valence-electron chi connectivity index (χ1n) is 5.18. The Morgan fingerprint density at radius 3 is 2.83 bits per heavy atom. The van der Waals surface area contributed by atoms with E-state index in [2.05, 4.69) is 9.79 Å². The Hall–Kier alpha value is -2.57. The van der Waals surface area contributed by atoms with Crippen LogP contribution >= 0.6 is 0 Å².